The van der Waals surface area contributed by atoms with Gasteiger partial charge in [-0.1, -0.05) is 0 Å². The zero-order valence-electron chi connectivity index (χ0n) is 10.8. The normalized spacial score (nSPS) is 11.2. The van der Waals surface area contributed by atoms with Gasteiger partial charge >= 0.3 is 6.61 Å². The number of aromatic amines is 1. The van der Waals surface area contributed by atoms with Crippen molar-refractivity contribution >= 4 is 18.4 Å². The zero-order valence-corrected chi connectivity index (χ0v) is 11.6. The maximum Gasteiger partial charge on any atom is 0.387 e. The SMILES string of the molecule is Cc1n[nH]c(=S)n(N=Cc2ccc(OC(F)F)cc2)c1=O. The lowest BCUT2D eigenvalue weighted by Gasteiger charge is -2.03. The van der Waals surface area contributed by atoms with Gasteiger partial charge in [0.2, 0.25) is 4.77 Å². The second kappa shape index (κ2) is 6.35. The third-order valence-electron chi connectivity index (χ3n) is 2.44. The molecule has 9 heteroatoms. The predicted molar refractivity (Wildman–Crippen MR) is 74.5 cm³/mol. The van der Waals surface area contributed by atoms with E-state index in [1.807, 2.05) is 0 Å². The van der Waals surface area contributed by atoms with Gasteiger partial charge in [0.25, 0.3) is 5.56 Å². The highest BCUT2D eigenvalue weighted by atomic mass is 32.1. The third kappa shape index (κ3) is 3.78. The van der Waals surface area contributed by atoms with E-state index in [4.69, 9.17) is 12.2 Å². The van der Waals surface area contributed by atoms with Crippen LogP contribution in [0.25, 0.3) is 0 Å². The third-order valence-corrected chi connectivity index (χ3v) is 2.71. The van der Waals surface area contributed by atoms with Crippen LogP contribution in [-0.2, 0) is 0 Å². The van der Waals surface area contributed by atoms with Crippen LogP contribution < -0.4 is 10.3 Å². The molecule has 0 spiro atoms. The molecule has 0 radical (unpaired) electrons. The number of hydrogen-bond acceptors (Lipinski definition) is 5. The van der Waals surface area contributed by atoms with E-state index in [1.165, 1.54) is 37.4 Å². The molecule has 21 heavy (non-hydrogen) atoms. The van der Waals surface area contributed by atoms with E-state index in [2.05, 4.69) is 20.0 Å². The molecular formula is C12H10F2N4O2S. The summed E-state index contributed by atoms with van der Waals surface area (Å²) in [6.07, 6.45) is 1.37. The molecule has 1 aromatic carbocycles. The number of aromatic nitrogens is 3. The van der Waals surface area contributed by atoms with Crippen LogP contribution >= 0.6 is 12.2 Å². The van der Waals surface area contributed by atoms with Gasteiger partial charge in [-0.25, -0.2) is 0 Å². The quantitative estimate of drug-likeness (QED) is 0.693. The molecule has 2 rings (SSSR count). The van der Waals surface area contributed by atoms with Crippen molar-refractivity contribution in [2.24, 2.45) is 5.10 Å². The number of alkyl halides is 2. The average Bonchev–Trinajstić information content (AvgIpc) is 2.44. The highest BCUT2D eigenvalue weighted by molar-refractivity contribution is 7.71. The Balaban J connectivity index is 2.24. The van der Waals surface area contributed by atoms with Crippen molar-refractivity contribution in [2.75, 3.05) is 0 Å². The average molecular weight is 312 g/mol. The van der Waals surface area contributed by atoms with Gasteiger partial charge in [0, 0.05) is 0 Å². The van der Waals surface area contributed by atoms with E-state index in [-0.39, 0.29) is 16.2 Å². The minimum absolute atomic E-state index is 0.0383. The summed E-state index contributed by atoms with van der Waals surface area (Å²) in [5.41, 5.74) is 0.376. The lowest BCUT2D eigenvalue weighted by atomic mass is 10.2. The molecule has 0 aliphatic heterocycles. The van der Waals surface area contributed by atoms with Gasteiger partial charge in [-0.15, -0.1) is 0 Å². The van der Waals surface area contributed by atoms with Crippen molar-refractivity contribution in [3.05, 3.63) is 50.6 Å². The first kappa shape index (κ1) is 15.0. The monoisotopic (exact) mass is 312 g/mol. The minimum atomic E-state index is -2.87. The van der Waals surface area contributed by atoms with Crippen LogP contribution in [0.3, 0.4) is 0 Å². The molecule has 2 aromatic rings. The Morgan fingerprint density at radius 2 is 2.10 bits per heavy atom. The molecular weight excluding hydrogens is 302 g/mol. The predicted octanol–water partition coefficient (Wildman–Crippen LogP) is 2.09. The van der Waals surface area contributed by atoms with Crippen LogP contribution in [0.1, 0.15) is 11.3 Å². The van der Waals surface area contributed by atoms with Gasteiger partial charge in [-0.05, 0) is 49.0 Å². The molecule has 1 N–H and O–H groups in total. The Hall–Kier alpha value is -2.42. The maximum absolute atomic E-state index is 12.0. The molecule has 0 atom stereocenters. The standard InChI is InChI=1S/C12H10F2N4O2S/c1-7-10(19)18(12(21)17-16-7)15-6-8-2-4-9(5-3-8)20-11(13)14/h2-6,11H,1H3,(H,17,21). The number of ether oxygens (including phenoxy) is 1. The largest absolute Gasteiger partial charge is 0.435 e. The van der Waals surface area contributed by atoms with Crippen LogP contribution in [0.4, 0.5) is 8.78 Å². The number of benzene rings is 1. The van der Waals surface area contributed by atoms with Gasteiger partial charge in [-0.2, -0.15) is 23.7 Å². The molecule has 0 bridgehead atoms. The summed E-state index contributed by atoms with van der Waals surface area (Å²) in [6, 6.07) is 5.78. The van der Waals surface area contributed by atoms with Gasteiger partial charge in [0.05, 0.1) is 6.21 Å². The first-order valence-corrected chi connectivity index (χ1v) is 6.16. The Kier molecular flexibility index (Phi) is 4.53. The van der Waals surface area contributed by atoms with E-state index < -0.39 is 12.2 Å². The molecule has 0 fully saturated rings. The number of hydrogen-bond donors (Lipinski definition) is 1. The van der Waals surface area contributed by atoms with Crippen LogP contribution in [0.15, 0.2) is 34.2 Å². The molecule has 0 saturated carbocycles. The van der Waals surface area contributed by atoms with E-state index in [1.54, 1.807) is 0 Å². The molecule has 6 nitrogen and oxygen atoms in total. The summed E-state index contributed by atoms with van der Waals surface area (Å²) in [7, 11) is 0. The summed E-state index contributed by atoms with van der Waals surface area (Å²) in [4.78, 5) is 11.8. The smallest absolute Gasteiger partial charge is 0.387 e. The lowest BCUT2D eigenvalue weighted by Crippen LogP contribution is -2.22. The fourth-order valence-electron chi connectivity index (χ4n) is 1.44. The number of rotatable bonds is 4. The highest BCUT2D eigenvalue weighted by Gasteiger charge is 2.03. The van der Waals surface area contributed by atoms with E-state index in [0.717, 1.165) is 4.68 Å². The van der Waals surface area contributed by atoms with Crippen LogP contribution in [0.2, 0.25) is 0 Å². The number of nitrogens with one attached hydrogen (secondary N) is 1. The fourth-order valence-corrected chi connectivity index (χ4v) is 1.61. The van der Waals surface area contributed by atoms with Crippen molar-refractivity contribution < 1.29 is 13.5 Å². The second-order valence-corrected chi connectivity index (χ2v) is 4.31. The van der Waals surface area contributed by atoms with Crippen molar-refractivity contribution in [3.63, 3.8) is 0 Å². The molecule has 1 heterocycles. The molecule has 0 saturated heterocycles. The Bertz CT molecular complexity index is 768. The first-order valence-electron chi connectivity index (χ1n) is 5.75. The number of aryl methyl sites for hydroxylation is 1. The summed E-state index contributed by atoms with van der Waals surface area (Å²) in [6.45, 7) is -1.35. The molecule has 0 unspecified atom stereocenters. The molecule has 0 amide bonds. The van der Waals surface area contributed by atoms with Gasteiger partial charge < -0.3 is 4.74 Å². The second-order valence-electron chi connectivity index (χ2n) is 3.92. The van der Waals surface area contributed by atoms with Crippen LogP contribution in [0, 0.1) is 11.7 Å². The van der Waals surface area contributed by atoms with Crippen molar-refractivity contribution in [3.8, 4) is 5.75 Å². The molecule has 110 valence electrons. The summed E-state index contributed by atoms with van der Waals surface area (Å²) in [5.74, 6) is 0.0383. The Labute approximate surface area is 122 Å². The minimum Gasteiger partial charge on any atom is -0.435 e. The van der Waals surface area contributed by atoms with Crippen LogP contribution in [0.5, 0.6) is 5.75 Å². The van der Waals surface area contributed by atoms with E-state index in [0.29, 0.717) is 5.56 Å². The molecule has 0 aliphatic rings. The number of H-pyrrole nitrogens is 1. The van der Waals surface area contributed by atoms with E-state index >= 15 is 0 Å². The molecule has 1 aromatic heterocycles. The zero-order chi connectivity index (χ0) is 15.4. The summed E-state index contributed by atoms with van der Waals surface area (Å²) in [5, 5.41) is 10.1. The highest BCUT2D eigenvalue weighted by Crippen LogP contribution is 2.13. The van der Waals surface area contributed by atoms with Crippen molar-refractivity contribution in [1.82, 2.24) is 14.9 Å². The summed E-state index contributed by atoms with van der Waals surface area (Å²) < 4.78 is 29.3. The number of halogens is 2. The first-order chi connectivity index (χ1) is 9.97. The van der Waals surface area contributed by atoms with E-state index in [9.17, 15) is 13.6 Å². The van der Waals surface area contributed by atoms with Gasteiger partial charge in [0.1, 0.15) is 11.4 Å². The van der Waals surface area contributed by atoms with Crippen molar-refractivity contribution in [1.29, 1.82) is 0 Å². The van der Waals surface area contributed by atoms with Gasteiger partial charge in [0.15, 0.2) is 0 Å². The lowest BCUT2D eigenvalue weighted by molar-refractivity contribution is -0.0498. The fraction of sp³-hybridized carbons (Fsp3) is 0.167. The Morgan fingerprint density at radius 3 is 2.71 bits per heavy atom. The number of nitrogens with zero attached hydrogens (tertiary/aromatic N) is 3. The molecule has 0 aliphatic carbocycles. The Morgan fingerprint density at radius 1 is 1.43 bits per heavy atom. The maximum atomic E-state index is 12.0. The summed E-state index contributed by atoms with van der Waals surface area (Å²) >= 11 is 4.91. The topological polar surface area (TPSA) is 72.3 Å². The van der Waals surface area contributed by atoms with Crippen molar-refractivity contribution in [2.45, 2.75) is 13.5 Å². The van der Waals surface area contributed by atoms with Gasteiger partial charge in [-0.3, -0.25) is 9.89 Å². The van der Waals surface area contributed by atoms with Crippen LogP contribution in [-0.4, -0.2) is 27.7 Å².